The molecule has 0 aromatic heterocycles. The Balaban J connectivity index is 2.56. The summed E-state index contributed by atoms with van der Waals surface area (Å²) < 4.78 is 15.3. The number of methoxy groups -OCH3 is 1. The van der Waals surface area contributed by atoms with E-state index < -0.39 is 0 Å². The van der Waals surface area contributed by atoms with Gasteiger partial charge in [0, 0.05) is 19.7 Å². The molecule has 0 radical (unpaired) electrons. The molecule has 0 amide bonds. The van der Waals surface area contributed by atoms with Crippen molar-refractivity contribution in [1.82, 2.24) is 4.90 Å². The molecule has 1 saturated heterocycles. The van der Waals surface area contributed by atoms with Crippen molar-refractivity contribution in [2.75, 3.05) is 33.4 Å². The number of nitrogens with zero attached hydrogens (tertiary/aromatic N) is 1. The lowest BCUT2D eigenvalue weighted by Crippen LogP contribution is -2.45. The molecule has 0 N–H and O–H groups in total. The van der Waals surface area contributed by atoms with Crippen molar-refractivity contribution < 1.29 is 23.8 Å². The number of carbonyl (C=O) groups excluding carboxylic acids is 2. The van der Waals surface area contributed by atoms with Crippen molar-refractivity contribution in [2.45, 2.75) is 45.3 Å². The summed E-state index contributed by atoms with van der Waals surface area (Å²) >= 11 is 0. The van der Waals surface area contributed by atoms with Crippen molar-refractivity contribution in [2.24, 2.45) is 0 Å². The highest BCUT2D eigenvalue weighted by atomic mass is 16.5. The van der Waals surface area contributed by atoms with E-state index in [1.54, 1.807) is 13.8 Å². The van der Waals surface area contributed by atoms with E-state index in [9.17, 15) is 9.59 Å². The Hall–Kier alpha value is -1.14. The van der Waals surface area contributed by atoms with Crippen LogP contribution in [0.1, 0.15) is 33.1 Å². The molecule has 1 fully saturated rings. The van der Waals surface area contributed by atoms with Crippen LogP contribution in [0.3, 0.4) is 0 Å². The van der Waals surface area contributed by atoms with Crippen LogP contribution in [-0.2, 0) is 23.8 Å². The molecule has 116 valence electrons. The van der Waals surface area contributed by atoms with Crippen LogP contribution >= 0.6 is 0 Å². The van der Waals surface area contributed by atoms with Crippen LogP contribution in [0.5, 0.6) is 0 Å². The molecular weight excluding hydrogens is 262 g/mol. The Morgan fingerprint density at radius 1 is 1.45 bits per heavy atom. The average Bonchev–Trinajstić information content (AvgIpc) is 2.95. The van der Waals surface area contributed by atoms with Crippen molar-refractivity contribution in [3.8, 4) is 0 Å². The Bertz CT molecular complexity index is 315. The summed E-state index contributed by atoms with van der Waals surface area (Å²) in [7, 11) is 1.36. The van der Waals surface area contributed by atoms with E-state index >= 15 is 0 Å². The normalized spacial score (nSPS) is 19.9. The first-order valence-corrected chi connectivity index (χ1v) is 7.17. The zero-order valence-electron chi connectivity index (χ0n) is 12.6. The number of ether oxygens (including phenoxy) is 3. The topological polar surface area (TPSA) is 65.1 Å². The molecule has 0 bridgehead atoms. The Morgan fingerprint density at radius 2 is 2.20 bits per heavy atom. The number of esters is 2. The van der Waals surface area contributed by atoms with Gasteiger partial charge in [0.05, 0.1) is 26.2 Å². The highest BCUT2D eigenvalue weighted by molar-refractivity contribution is 5.75. The monoisotopic (exact) mass is 287 g/mol. The fraction of sp³-hybridized carbons (Fsp3) is 0.857. The van der Waals surface area contributed by atoms with Crippen LogP contribution in [0.15, 0.2) is 0 Å². The number of rotatable bonds is 8. The van der Waals surface area contributed by atoms with Gasteiger partial charge in [-0.05, 0) is 26.7 Å². The van der Waals surface area contributed by atoms with E-state index in [0.717, 1.165) is 19.4 Å². The molecule has 0 spiro atoms. The first-order valence-electron chi connectivity index (χ1n) is 7.17. The predicted molar refractivity (Wildman–Crippen MR) is 73.3 cm³/mol. The molecule has 2 unspecified atom stereocenters. The van der Waals surface area contributed by atoms with Crippen LogP contribution in [0.2, 0.25) is 0 Å². The largest absolute Gasteiger partial charge is 0.469 e. The first-order chi connectivity index (χ1) is 9.58. The molecule has 0 aromatic carbocycles. The Labute approximate surface area is 120 Å². The van der Waals surface area contributed by atoms with Crippen LogP contribution in [0, 0.1) is 0 Å². The third-order valence-electron chi connectivity index (χ3n) is 3.47. The number of hydrogen-bond acceptors (Lipinski definition) is 6. The Kier molecular flexibility index (Phi) is 7.54. The molecule has 1 aliphatic heterocycles. The van der Waals surface area contributed by atoms with Crippen LogP contribution in [-0.4, -0.2) is 62.4 Å². The van der Waals surface area contributed by atoms with E-state index in [1.807, 2.05) is 4.90 Å². The van der Waals surface area contributed by atoms with Crippen molar-refractivity contribution in [3.63, 3.8) is 0 Å². The minimum Gasteiger partial charge on any atom is -0.469 e. The second kappa shape index (κ2) is 8.92. The molecule has 20 heavy (non-hydrogen) atoms. The summed E-state index contributed by atoms with van der Waals surface area (Å²) in [6, 6.07) is -0.385. The fourth-order valence-corrected chi connectivity index (χ4v) is 2.24. The van der Waals surface area contributed by atoms with Crippen molar-refractivity contribution in [1.29, 1.82) is 0 Å². The zero-order chi connectivity index (χ0) is 15.0. The third-order valence-corrected chi connectivity index (χ3v) is 3.47. The highest BCUT2D eigenvalue weighted by Gasteiger charge is 2.27. The number of carbonyl (C=O) groups is 2. The first kappa shape index (κ1) is 16.9. The Morgan fingerprint density at radius 3 is 2.75 bits per heavy atom. The lowest BCUT2D eigenvalue weighted by molar-refractivity contribution is -0.150. The third kappa shape index (κ3) is 5.46. The van der Waals surface area contributed by atoms with E-state index in [0.29, 0.717) is 19.7 Å². The van der Waals surface area contributed by atoms with E-state index in [1.165, 1.54) is 7.11 Å². The van der Waals surface area contributed by atoms with Gasteiger partial charge in [-0.2, -0.15) is 0 Å². The zero-order valence-corrected chi connectivity index (χ0v) is 12.6. The molecule has 2 atom stereocenters. The lowest BCUT2D eigenvalue weighted by atomic mass is 10.2. The fourth-order valence-electron chi connectivity index (χ4n) is 2.24. The minimum atomic E-state index is -0.385. The highest BCUT2D eigenvalue weighted by Crippen LogP contribution is 2.15. The molecule has 0 aromatic rings. The van der Waals surface area contributed by atoms with E-state index in [2.05, 4.69) is 4.74 Å². The molecule has 0 aliphatic carbocycles. The summed E-state index contributed by atoms with van der Waals surface area (Å²) in [5.41, 5.74) is 0. The summed E-state index contributed by atoms with van der Waals surface area (Å²) in [5, 5.41) is 0. The van der Waals surface area contributed by atoms with Gasteiger partial charge in [-0.3, -0.25) is 14.5 Å². The molecule has 0 saturated carbocycles. The quantitative estimate of drug-likeness (QED) is 0.620. The van der Waals surface area contributed by atoms with Gasteiger partial charge in [-0.15, -0.1) is 0 Å². The molecular formula is C14H25NO5. The van der Waals surface area contributed by atoms with Gasteiger partial charge in [-0.1, -0.05) is 0 Å². The lowest BCUT2D eigenvalue weighted by Gasteiger charge is -2.29. The molecule has 6 heteroatoms. The maximum atomic E-state index is 11.9. The second-order valence-corrected chi connectivity index (χ2v) is 4.88. The second-order valence-electron chi connectivity index (χ2n) is 4.88. The standard InChI is InChI=1S/C14H25NO5/c1-4-19-14(17)11(2)15(8-7-13(16)18-3)10-12-6-5-9-20-12/h11-12H,4-10H2,1-3H3. The van der Waals surface area contributed by atoms with E-state index in [4.69, 9.17) is 9.47 Å². The molecule has 1 heterocycles. The van der Waals surface area contributed by atoms with Crippen LogP contribution < -0.4 is 0 Å². The van der Waals surface area contributed by atoms with Crippen molar-refractivity contribution >= 4 is 11.9 Å². The van der Waals surface area contributed by atoms with Gasteiger partial charge in [-0.25, -0.2) is 0 Å². The van der Waals surface area contributed by atoms with Crippen molar-refractivity contribution in [3.05, 3.63) is 0 Å². The minimum absolute atomic E-state index is 0.129. The number of hydrogen-bond donors (Lipinski definition) is 0. The van der Waals surface area contributed by atoms with Gasteiger partial charge >= 0.3 is 11.9 Å². The van der Waals surface area contributed by atoms with Gasteiger partial charge in [0.2, 0.25) is 0 Å². The van der Waals surface area contributed by atoms with Gasteiger partial charge in [0.15, 0.2) is 0 Å². The SMILES string of the molecule is CCOC(=O)C(C)N(CCC(=O)OC)CC1CCCO1. The summed E-state index contributed by atoms with van der Waals surface area (Å²) in [6.07, 6.45) is 2.42. The average molecular weight is 287 g/mol. The van der Waals surface area contributed by atoms with Gasteiger partial charge in [0.1, 0.15) is 6.04 Å². The molecule has 1 aliphatic rings. The predicted octanol–water partition coefficient (Wildman–Crippen LogP) is 0.982. The summed E-state index contributed by atoms with van der Waals surface area (Å²) in [5.74, 6) is -0.547. The van der Waals surface area contributed by atoms with Gasteiger partial charge < -0.3 is 14.2 Å². The van der Waals surface area contributed by atoms with E-state index in [-0.39, 0.29) is 30.5 Å². The summed E-state index contributed by atoms with van der Waals surface area (Å²) in [4.78, 5) is 25.1. The molecule has 6 nitrogen and oxygen atoms in total. The van der Waals surface area contributed by atoms with Gasteiger partial charge in [0.25, 0.3) is 0 Å². The van der Waals surface area contributed by atoms with Crippen LogP contribution in [0.4, 0.5) is 0 Å². The smallest absolute Gasteiger partial charge is 0.323 e. The maximum absolute atomic E-state index is 11.9. The molecule has 1 rings (SSSR count). The maximum Gasteiger partial charge on any atom is 0.323 e. The summed E-state index contributed by atoms with van der Waals surface area (Å²) in [6.45, 7) is 5.80. The van der Waals surface area contributed by atoms with Crippen LogP contribution in [0.25, 0.3) is 0 Å².